The number of hydrogen-bond donors (Lipinski definition) is 4. The van der Waals surface area contributed by atoms with Crippen LogP contribution in [0.5, 0.6) is 0 Å². The number of nitrogens with one attached hydrogen (secondary N) is 3. The minimum Gasteiger partial charge on any atom is -0.475 e. The summed E-state index contributed by atoms with van der Waals surface area (Å²) in [6.07, 6.45) is -0.667. The first-order chi connectivity index (χ1) is 18.7. The molecule has 202 valence electrons. The van der Waals surface area contributed by atoms with Gasteiger partial charge in [-0.25, -0.2) is 14.8 Å². The smallest absolute Gasteiger partial charge is 0.475 e. The van der Waals surface area contributed by atoms with E-state index < -0.39 is 12.1 Å². The third kappa shape index (κ3) is 7.33. The Morgan fingerprint density at radius 3 is 2.56 bits per heavy atom. The quantitative estimate of drug-likeness (QED) is 0.158. The van der Waals surface area contributed by atoms with Crippen LogP contribution in [0.3, 0.4) is 0 Å². The van der Waals surface area contributed by atoms with E-state index in [2.05, 4.69) is 59.2 Å². The molecule has 0 saturated heterocycles. The minimum atomic E-state index is -5.08. The lowest BCUT2D eigenvalue weighted by atomic mass is 10.0. The largest absolute Gasteiger partial charge is 0.490 e. The first kappa shape index (κ1) is 27.6. The van der Waals surface area contributed by atoms with Crippen molar-refractivity contribution < 1.29 is 23.1 Å². The molecule has 0 aliphatic rings. The van der Waals surface area contributed by atoms with Gasteiger partial charge >= 0.3 is 12.1 Å². The molecule has 0 bridgehead atoms. The zero-order valence-electron chi connectivity index (χ0n) is 20.5. The highest BCUT2D eigenvalue weighted by Crippen LogP contribution is 2.29. The molecule has 0 aliphatic heterocycles. The number of carbonyl (C=O) groups is 1. The summed E-state index contributed by atoms with van der Waals surface area (Å²) in [4.78, 5) is 17.6. The normalized spacial score (nSPS) is 11.2. The van der Waals surface area contributed by atoms with E-state index in [1.54, 1.807) is 12.4 Å². The molecule has 0 radical (unpaired) electrons. The van der Waals surface area contributed by atoms with Gasteiger partial charge in [-0.15, -0.1) is 10.2 Å². The van der Waals surface area contributed by atoms with Gasteiger partial charge in [0, 0.05) is 35.5 Å². The molecule has 0 unspecified atom stereocenters. The number of anilines is 1. The van der Waals surface area contributed by atoms with E-state index in [-0.39, 0.29) is 0 Å². The van der Waals surface area contributed by atoms with Gasteiger partial charge in [-0.3, -0.25) is 10.4 Å². The molecule has 10 nitrogen and oxygen atoms in total. The molecule has 0 fully saturated rings. The lowest BCUT2D eigenvalue weighted by Gasteiger charge is -2.09. The zero-order valence-corrected chi connectivity index (χ0v) is 21.3. The summed E-state index contributed by atoms with van der Waals surface area (Å²) in [5, 5.41) is 32.5. The maximum absolute atomic E-state index is 10.6. The summed E-state index contributed by atoms with van der Waals surface area (Å²) in [7, 11) is 0. The summed E-state index contributed by atoms with van der Waals surface area (Å²) in [6.45, 7) is 3.42. The number of aryl methyl sites for hydroxylation is 1. The second-order valence-electron chi connectivity index (χ2n) is 8.12. The Hall–Kier alpha value is -4.43. The first-order valence-electron chi connectivity index (χ1n) is 11.6. The Morgan fingerprint density at radius 2 is 1.82 bits per heavy atom. The molecule has 0 spiro atoms. The van der Waals surface area contributed by atoms with Crippen LogP contribution in [0.1, 0.15) is 11.3 Å². The van der Waals surface area contributed by atoms with Crippen molar-refractivity contribution in [1.29, 1.82) is 0 Å². The minimum absolute atomic E-state index is 0.610. The van der Waals surface area contributed by atoms with Crippen molar-refractivity contribution in [2.24, 2.45) is 0 Å². The summed E-state index contributed by atoms with van der Waals surface area (Å²) < 4.78 is 31.7. The maximum atomic E-state index is 10.6. The predicted molar refractivity (Wildman–Crippen MR) is 141 cm³/mol. The van der Waals surface area contributed by atoms with Gasteiger partial charge in [0.15, 0.2) is 5.82 Å². The number of aromatic nitrogens is 6. The standard InChI is InChI=1S/C23H22N8S.C2HF3O2/c1-15-19-13-17(7-8-20(19)29-28-15)22-30-31-23(32-22)27-14-24-12-9-16-5-2-3-6-18(16)21-25-10-4-11-26-21;3-2(4,5)1(6)7/h2-8,10-11,13,24H,9,12,14H2,1H3,(H,27,31)(H,28,29);(H,6,7). The van der Waals surface area contributed by atoms with Crippen LogP contribution in [0, 0.1) is 6.92 Å². The molecule has 0 saturated carbocycles. The molecule has 3 aromatic heterocycles. The van der Waals surface area contributed by atoms with E-state index in [0.717, 1.165) is 56.7 Å². The van der Waals surface area contributed by atoms with Gasteiger partial charge in [0.25, 0.3) is 0 Å². The Balaban J connectivity index is 0.000000448. The van der Waals surface area contributed by atoms with Crippen molar-refractivity contribution in [3.05, 3.63) is 72.2 Å². The zero-order chi connectivity index (χ0) is 27.8. The van der Waals surface area contributed by atoms with Gasteiger partial charge in [-0.05, 0) is 43.2 Å². The molecule has 4 N–H and O–H groups in total. The van der Waals surface area contributed by atoms with E-state index in [4.69, 9.17) is 9.90 Å². The van der Waals surface area contributed by atoms with E-state index in [1.165, 1.54) is 16.9 Å². The average molecular weight is 557 g/mol. The van der Waals surface area contributed by atoms with Crippen LogP contribution in [0.4, 0.5) is 18.3 Å². The molecule has 39 heavy (non-hydrogen) atoms. The SMILES string of the molecule is Cc1n[nH]c2ccc(-c3nnc(NCNCCc4ccccc4-c4ncccn4)s3)cc12.O=C(O)C(F)(F)F. The molecule has 2 aromatic carbocycles. The van der Waals surface area contributed by atoms with Crippen molar-refractivity contribution in [1.82, 2.24) is 35.7 Å². The Bertz CT molecular complexity index is 1540. The fourth-order valence-corrected chi connectivity index (χ4v) is 4.27. The van der Waals surface area contributed by atoms with Crippen LogP contribution in [0.2, 0.25) is 0 Å². The number of rotatable bonds is 8. The summed E-state index contributed by atoms with van der Waals surface area (Å²) >= 11 is 1.54. The number of H-pyrrole nitrogens is 1. The van der Waals surface area contributed by atoms with Gasteiger partial charge in [-0.2, -0.15) is 18.3 Å². The number of alkyl halides is 3. The van der Waals surface area contributed by atoms with E-state index in [9.17, 15) is 13.2 Å². The van der Waals surface area contributed by atoms with E-state index >= 15 is 0 Å². The second kappa shape index (κ2) is 12.4. The van der Waals surface area contributed by atoms with Crippen LogP contribution in [0.25, 0.3) is 32.9 Å². The number of carboxylic acids is 1. The fraction of sp³-hybridized carbons (Fsp3) is 0.200. The van der Waals surface area contributed by atoms with Crippen LogP contribution in [-0.2, 0) is 11.2 Å². The average Bonchev–Trinajstić information content (AvgIpc) is 3.55. The van der Waals surface area contributed by atoms with Gasteiger partial charge in [0.05, 0.1) is 17.9 Å². The summed E-state index contributed by atoms with van der Waals surface area (Å²) in [5.41, 5.74) is 5.34. The van der Waals surface area contributed by atoms with Gasteiger partial charge in [0.1, 0.15) is 5.01 Å². The second-order valence-corrected chi connectivity index (χ2v) is 9.10. The highest BCUT2D eigenvalue weighted by atomic mass is 32.1. The molecule has 5 rings (SSSR count). The van der Waals surface area contributed by atoms with Crippen molar-refractivity contribution in [3.63, 3.8) is 0 Å². The van der Waals surface area contributed by atoms with Crippen LogP contribution in [0.15, 0.2) is 60.9 Å². The van der Waals surface area contributed by atoms with Gasteiger partial charge < -0.3 is 10.4 Å². The summed E-state index contributed by atoms with van der Waals surface area (Å²) in [6, 6.07) is 16.2. The maximum Gasteiger partial charge on any atom is 0.490 e. The number of benzene rings is 2. The number of nitrogens with zero attached hydrogens (tertiary/aromatic N) is 5. The third-order valence-corrected chi connectivity index (χ3v) is 6.36. The first-order valence-corrected chi connectivity index (χ1v) is 12.4. The van der Waals surface area contributed by atoms with Crippen molar-refractivity contribution in [2.45, 2.75) is 19.5 Å². The van der Waals surface area contributed by atoms with Crippen molar-refractivity contribution >= 4 is 33.3 Å². The molecule has 14 heteroatoms. The molecule has 0 atom stereocenters. The monoisotopic (exact) mass is 556 g/mol. The number of fused-ring (bicyclic) bond motifs is 1. The number of aliphatic carboxylic acids is 1. The number of halogens is 3. The number of carboxylic acid groups (broad SMARTS) is 1. The number of aromatic amines is 1. The summed E-state index contributed by atoms with van der Waals surface area (Å²) in [5.74, 6) is -2.00. The Labute approximate surface area is 224 Å². The van der Waals surface area contributed by atoms with Gasteiger partial charge in [-0.1, -0.05) is 35.6 Å². The highest BCUT2D eigenvalue weighted by Gasteiger charge is 2.38. The van der Waals surface area contributed by atoms with E-state index in [0.29, 0.717) is 6.67 Å². The van der Waals surface area contributed by atoms with Crippen LogP contribution < -0.4 is 10.6 Å². The molecular weight excluding hydrogens is 533 g/mol. The third-order valence-electron chi connectivity index (χ3n) is 5.43. The Kier molecular flexibility index (Phi) is 8.78. The predicted octanol–water partition coefficient (Wildman–Crippen LogP) is 4.68. The van der Waals surface area contributed by atoms with Crippen molar-refractivity contribution in [3.8, 4) is 22.0 Å². The van der Waals surface area contributed by atoms with E-state index in [1.807, 2.05) is 37.3 Å². The molecule has 5 aromatic rings. The molecule has 0 amide bonds. The topological polar surface area (TPSA) is 142 Å². The number of hydrogen-bond acceptors (Lipinski definition) is 9. The lowest BCUT2D eigenvalue weighted by Crippen LogP contribution is -2.24. The molecule has 3 heterocycles. The van der Waals surface area contributed by atoms with Gasteiger partial charge in [0.2, 0.25) is 5.13 Å². The highest BCUT2D eigenvalue weighted by molar-refractivity contribution is 7.18. The molecular formula is C25H23F3N8O2S. The fourth-order valence-electron chi connectivity index (χ4n) is 3.53. The molecule has 0 aliphatic carbocycles. The van der Waals surface area contributed by atoms with Crippen LogP contribution in [-0.4, -0.2) is 60.8 Å². The Morgan fingerprint density at radius 1 is 1.08 bits per heavy atom. The van der Waals surface area contributed by atoms with Crippen LogP contribution >= 0.6 is 11.3 Å². The lowest BCUT2D eigenvalue weighted by molar-refractivity contribution is -0.192. The van der Waals surface area contributed by atoms with Crippen molar-refractivity contribution in [2.75, 3.05) is 18.5 Å².